The number of aryl methyl sites for hydroxylation is 2. The molecule has 0 spiro atoms. The van der Waals surface area contributed by atoms with Gasteiger partial charge in [-0.25, -0.2) is 12.2 Å². The molecule has 2 aliphatic rings. The summed E-state index contributed by atoms with van der Waals surface area (Å²) in [4.78, 5) is 0. The van der Waals surface area contributed by atoms with Crippen molar-refractivity contribution in [3.05, 3.63) is 154 Å². The molecule has 0 fully saturated rings. The molecular formula is C41H44Cl2Zr-2. The zero-order valence-corrected chi connectivity index (χ0v) is 31.4. The van der Waals surface area contributed by atoms with Crippen molar-refractivity contribution in [2.45, 2.75) is 79.1 Å². The minimum absolute atomic E-state index is 0. The van der Waals surface area contributed by atoms with Crippen LogP contribution in [0.4, 0.5) is 0 Å². The van der Waals surface area contributed by atoms with Crippen molar-refractivity contribution in [2.24, 2.45) is 0 Å². The molecule has 4 aromatic carbocycles. The molecule has 6 rings (SSSR count). The van der Waals surface area contributed by atoms with Crippen LogP contribution in [0.25, 0.3) is 11.1 Å². The van der Waals surface area contributed by atoms with Gasteiger partial charge >= 0.3 is 99.2 Å². The third-order valence-electron chi connectivity index (χ3n) is 7.79. The number of fused-ring (bicyclic) bond motifs is 3. The first-order chi connectivity index (χ1) is 19.9. The zero-order chi connectivity index (χ0) is 30.5. The van der Waals surface area contributed by atoms with Crippen LogP contribution in [0.5, 0.6) is 0 Å². The van der Waals surface area contributed by atoms with Crippen molar-refractivity contribution in [2.75, 3.05) is 0 Å². The SMILES string of the molecule is Cc1[c-]c2c(cc1C(C)(C)C)-c1cc(C(C)(C)C)c(C)cc1C2.[C-]1=CC=CC1.[Cl-].[Cl-].[Zr+2]=[C](c1ccccc1)c1ccccc1. The monoisotopic (exact) mass is 696 g/mol. The number of hydrogen-bond donors (Lipinski definition) is 0. The molecule has 3 heteroatoms. The first-order valence-electron chi connectivity index (χ1n) is 15.0. The van der Waals surface area contributed by atoms with Crippen molar-refractivity contribution >= 4 is 3.21 Å². The van der Waals surface area contributed by atoms with E-state index in [2.05, 4.69) is 152 Å². The van der Waals surface area contributed by atoms with E-state index in [1.807, 2.05) is 12.2 Å². The molecule has 0 bridgehead atoms. The number of halogens is 2. The summed E-state index contributed by atoms with van der Waals surface area (Å²) in [7, 11) is 0. The van der Waals surface area contributed by atoms with Gasteiger partial charge in [-0.1, -0.05) is 71.6 Å². The van der Waals surface area contributed by atoms with E-state index in [0.29, 0.717) is 0 Å². The molecule has 0 amide bonds. The Balaban J connectivity index is 0.000000273. The molecule has 2 aliphatic carbocycles. The quantitative estimate of drug-likeness (QED) is 0.240. The Morgan fingerprint density at radius 3 is 1.66 bits per heavy atom. The molecule has 0 nitrogen and oxygen atoms in total. The number of allylic oxidation sites excluding steroid dienone is 4. The summed E-state index contributed by atoms with van der Waals surface area (Å²) >= 11 is 1.46. The van der Waals surface area contributed by atoms with Crippen molar-refractivity contribution in [3.8, 4) is 11.1 Å². The van der Waals surface area contributed by atoms with Crippen molar-refractivity contribution < 1.29 is 49.0 Å². The van der Waals surface area contributed by atoms with Crippen LogP contribution in [0, 0.1) is 26.0 Å². The van der Waals surface area contributed by atoms with Gasteiger partial charge in [0.25, 0.3) is 0 Å². The Morgan fingerprint density at radius 1 is 0.705 bits per heavy atom. The Morgan fingerprint density at radius 2 is 1.23 bits per heavy atom. The van der Waals surface area contributed by atoms with Gasteiger partial charge in [0.05, 0.1) is 0 Å². The van der Waals surface area contributed by atoms with Gasteiger partial charge in [-0.3, -0.25) is 6.08 Å². The molecule has 4 aromatic rings. The maximum atomic E-state index is 3.69. The second kappa shape index (κ2) is 16.3. The number of rotatable bonds is 2. The van der Waals surface area contributed by atoms with Gasteiger partial charge < -0.3 is 24.8 Å². The average Bonchev–Trinajstić information content (AvgIpc) is 3.63. The summed E-state index contributed by atoms with van der Waals surface area (Å²) in [6.07, 6.45) is 11.0. The zero-order valence-electron chi connectivity index (χ0n) is 27.4. The topological polar surface area (TPSA) is 0 Å². The second-order valence-electron chi connectivity index (χ2n) is 13.3. The predicted octanol–water partition coefficient (Wildman–Crippen LogP) is 4.39. The van der Waals surface area contributed by atoms with Crippen molar-refractivity contribution in [1.29, 1.82) is 0 Å². The Bertz CT molecular complexity index is 1480. The van der Waals surface area contributed by atoms with Gasteiger partial charge in [0.2, 0.25) is 0 Å². The fourth-order valence-corrected chi connectivity index (χ4v) is 6.56. The molecule has 0 N–H and O–H groups in total. The molecule has 44 heavy (non-hydrogen) atoms. The maximum absolute atomic E-state index is 3.69. The molecule has 0 aromatic heterocycles. The van der Waals surface area contributed by atoms with E-state index >= 15 is 0 Å². The summed E-state index contributed by atoms with van der Waals surface area (Å²) in [6.45, 7) is 18.2. The normalized spacial score (nSPS) is 12.4. The molecule has 228 valence electrons. The van der Waals surface area contributed by atoms with Crippen LogP contribution >= 0.6 is 0 Å². The Kier molecular flexibility index (Phi) is 14.0. The second-order valence-corrected chi connectivity index (χ2v) is 14.5. The number of benzene rings is 4. The van der Waals surface area contributed by atoms with E-state index < -0.39 is 0 Å². The van der Waals surface area contributed by atoms with Crippen LogP contribution in [-0.4, -0.2) is 3.21 Å². The van der Waals surface area contributed by atoms with Crippen LogP contribution in [0.2, 0.25) is 0 Å². The minimum atomic E-state index is 0. The van der Waals surface area contributed by atoms with Gasteiger partial charge in [-0.2, -0.15) is 23.8 Å². The molecule has 0 saturated carbocycles. The van der Waals surface area contributed by atoms with Gasteiger partial charge in [0.15, 0.2) is 0 Å². The fraction of sp³-hybridized carbons (Fsp3) is 0.293. The van der Waals surface area contributed by atoms with Gasteiger partial charge in [0, 0.05) is 0 Å². The van der Waals surface area contributed by atoms with Gasteiger partial charge in [-0.15, -0.1) is 23.1 Å². The van der Waals surface area contributed by atoms with E-state index in [1.54, 1.807) is 0 Å². The third-order valence-corrected chi connectivity index (χ3v) is 9.21. The summed E-state index contributed by atoms with van der Waals surface area (Å²) in [5.74, 6) is 0. The van der Waals surface area contributed by atoms with Gasteiger partial charge in [0.1, 0.15) is 0 Å². The van der Waals surface area contributed by atoms with Crippen LogP contribution in [0.15, 0.2) is 97.1 Å². The average molecular weight is 699 g/mol. The van der Waals surface area contributed by atoms with E-state index in [1.165, 1.54) is 83.1 Å². The molecular weight excluding hydrogens is 655 g/mol. The van der Waals surface area contributed by atoms with Crippen LogP contribution in [-0.2, 0) is 41.5 Å². The first-order valence-corrected chi connectivity index (χ1v) is 16.2. The van der Waals surface area contributed by atoms with E-state index in [-0.39, 0.29) is 35.6 Å². The Labute approximate surface area is 294 Å². The molecule has 0 unspecified atom stereocenters. The fourth-order valence-electron chi connectivity index (χ4n) is 5.74. The van der Waals surface area contributed by atoms with Crippen LogP contribution < -0.4 is 24.8 Å². The Hall–Kier alpha value is -2.31. The van der Waals surface area contributed by atoms with E-state index in [0.717, 1.165) is 12.8 Å². The van der Waals surface area contributed by atoms with E-state index in [4.69, 9.17) is 0 Å². The van der Waals surface area contributed by atoms with Crippen LogP contribution in [0.3, 0.4) is 0 Å². The standard InChI is InChI=1S/C23H29.C13H10.C5H5.2ClH.Zr/c1-14-9-16-11-17-10-15(2)21(23(6,7)8)13-19(17)18(16)12-20(14)22(3,4)5;1-3-7-12(8-4-1)11-13-9-5-2-6-10-13;1-2-4-5-3-1;;;/h9,12-13H,11H2,1-8H3;1-10H;1-3H,4H2;2*1H;/q-1;;-1;;;+2/p-2. The van der Waals surface area contributed by atoms with Crippen LogP contribution in [0.1, 0.15) is 92.5 Å². The van der Waals surface area contributed by atoms with Gasteiger partial charge in [-0.05, 0) is 35.4 Å². The summed E-state index contributed by atoms with van der Waals surface area (Å²) in [5.41, 5.74) is 14.3. The predicted molar refractivity (Wildman–Crippen MR) is 178 cm³/mol. The molecule has 0 saturated heterocycles. The first kappa shape index (κ1) is 37.9. The molecule has 0 atom stereocenters. The van der Waals surface area contributed by atoms with Crippen molar-refractivity contribution in [3.63, 3.8) is 0 Å². The summed E-state index contributed by atoms with van der Waals surface area (Å²) in [5, 5.41) is 0. The number of hydrogen-bond acceptors (Lipinski definition) is 0. The summed E-state index contributed by atoms with van der Waals surface area (Å²) in [6, 6.07) is 32.1. The third kappa shape index (κ3) is 9.60. The molecule has 0 aliphatic heterocycles. The molecule has 0 radical (unpaired) electrons. The summed E-state index contributed by atoms with van der Waals surface area (Å²) < 4.78 is 1.42. The van der Waals surface area contributed by atoms with Crippen molar-refractivity contribution in [1.82, 2.24) is 0 Å². The van der Waals surface area contributed by atoms with E-state index in [9.17, 15) is 0 Å². The molecule has 0 heterocycles.